The molecule has 0 saturated carbocycles. The van der Waals surface area contributed by atoms with Gasteiger partial charge in [0.25, 0.3) is 5.91 Å². The third-order valence-corrected chi connectivity index (χ3v) is 6.02. The molecule has 0 fully saturated rings. The van der Waals surface area contributed by atoms with Gasteiger partial charge < -0.3 is 26.2 Å². The Hall–Kier alpha value is -4.58. The first-order chi connectivity index (χ1) is 18.3. The highest BCUT2D eigenvalue weighted by atomic mass is 19.2. The van der Waals surface area contributed by atoms with E-state index in [-0.39, 0.29) is 24.3 Å². The number of carboxylic acids is 1. The molecule has 0 aliphatic heterocycles. The molecule has 0 radical (unpaired) electrons. The van der Waals surface area contributed by atoms with Crippen LogP contribution >= 0.6 is 0 Å². The van der Waals surface area contributed by atoms with Gasteiger partial charge in [-0.25, -0.2) is 19.2 Å². The van der Waals surface area contributed by atoms with Crippen LogP contribution in [0.25, 0.3) is 16.9 Å². The van der Waals surface area contributed by atoms with Gasteiger partial charge in [-0.3, -0.25) is 9.20 Å². The molecule has 1 unspecified atom stereocenters. The Morgan fingerprint density at radius 1 is 1.18 bits per heavy atom. The minimum Gasteiger partial charge on any atom is -0.494 e. The molecular weight excluding hydrogens is 498 g/mol. The summed E-state index contributed by atoms with van der Waals surface area (Å²) in [6.07, 6.45) is 5.09. The van der Waals surface area contributed by atoms with E-state index in [9.17, 15) is 23.5 Å². The van der Waals surface area contributed by atoms with Gasteiger partial charge in [0.1, 0.15) is 6.04 Å². The first kappa shape index (κ1) is 26.5. The number of hydrogen-bond acceptors (Lipinski definition) is 7. The van der Waals surface area contributed by atoms with Crippen molar-refractivity contribution in [2.45, 2.75) is 25.8 Å². The van der Waals surface area contributed by atoms with Crippen LogP contribution in [-0.2, 0) is 11.2 Å². The number of carbonyl (C=O) groups is 2. The number of aliphatic carboxylic acids is 1. The third-order valence-electron chi connectivity index (χ3n) is 6.02. The predicted octanol–water partition coefficient (Wildman–Crippen LogP) is 3.52. The molecule has 198 valence electrons. The third kappa shape index (κ3) is 5.11. The fourth-order valence-corrected chi connectivity index (χ4v) is 4.08. The van der Waals surface area contributed by atoms with Gasteiger partial charge in [0, 0.05) is 29.2 Å². The summed E-state index contributed by atoms with van der Waals surface area (Å²) < 4.78 is 35.5. The molecule has 4 rings (SSSR count). The van der Waals surface area contributed by atoms with E-state index in [1.54, 1.807) is 28.8 Å². The standard InChI is InChI=1S/C26H26F2N6O4/c1-3-14-12-15(4-5-16(14)25(35)33-18(8-9-29)26(36)37)32-23-24-31-13-19(34(24)11-10-30-23)17-6-7-20(38-2)22(28)21(17)27/h4-7,10-13,18H,3,8-9,29H2,1-2H3,(H,30,32)(H,33,35)(H,36,37). The molecule has 10 nitrogen and oxygen atoms in total. The van der Waals surface area contributed by atoms with Crippen molar-refractivity contribution in [3.63, 3.8) is 0 Å². The number of imidazole rings is 1. The van der Waals surface area contributed by atoms with Crippen molar-refractivity contribution in [1.29, 1.82) is 0 Å². The summed E-state index contributed by atoms with van der Waals surface area (Å²) >= 11 is 0. The summed E-state index contributed by atoms with van der Waals surface area (Å²) in [5, 5.41) is 15.0. The predicted molar refractivity (Wildman–Crippen MR) is 137 cm³/mol. The molecule has 12 heteroatoms. The average molecular weight is 525 g/mol. The fourth-order valence-electron chi connectivity index (χ4n) is 4.08. The maximum absolute atomic E-state index is 14.7. The zero-order chi connectivity index (χ0) is 27.4. The van der Waals surface area contributed by atoms with E-state index in [1.165, 1.54) is 31.6 Å². The summed E-state index contributed by atoms with van der Waals surface area (Å²) in [5.41, 5.74) is 7.76. The first-order valence-electron chi connectivity index (χ1n) is 11.8. The molecule has 1 atom stereocenters. The van der Waals surface area contributed by atoms with E-state index in [4.69, 9.17) is 10.5 Å². The van der Waals surface area contributed by atoms with Gasteiger partial charge in [-0.05, 0) is 55.3 Å². The van der Waals surface area contributed by atoms with Crippen molar-refractivity contribution in [1.82, 2.24) is 19.7 Å². The quantitative estimate of drug-likeness (QED) is 0.247. The van der Waals surface area contributed by atoms with Crippen LogP contribution in [-0.4, -0.2) is 51.0 Å². The molecular formula is C26H26F2N6O4. The van der Waals surface area contributed by atoms with Crippen LogP contribution in [0.1, 0.15) is 29.3 Å². The van der Waals surface area contributed by atoms with Gasteiger partial charge in [0.15, 0.2) is 23.0 Å². The largest absolute Gasteiger partial charge is 0.494 e. The molecule has 5 N–H and O–H groups in total. The summed E-state index contributed by atoms with van der Waals surface area (Å²) in [4.78, 5) is 32.8. The average Bonchev–Trinajstić information content (AvgIpc) is 3.34. The van der Waals surface area contributed by atoms with Crippen molar-refractivity contribution >= 4 is 29.0 Å². The van der Waals surface area contributed by atoms with E-state index < -0.39 is 29.6 Å². The van der Waals surface area contributed by atoms with Gasteiger partial charge in [-0.15, -0.1) is 0 Å². The Labute approximate surface area is 216 Å². The second kappa shape index (κ2) is 11.2. The lowest BCUT2D eigenvalue weighted by molar-refractivity contribution is -0.139. The van der Waals surface area contributed by atoms with Crippen molar-refractivity contribution in [2.24, 2.45) is 5.73 Å². The SMILES string of the molecule is CCc1cc(Nc2nccn3c(-c4ccc(OC)c(F)c4F)cnc23)ccc1C(=O)NC(CCN)C(=O)O. The number of aryl methyl sites for hydroxylation is 1. The van der Waals surface area contributed by atoms with Gasteiger partial charge in [-0.2, -0.15) is 4.39 Å². The molecule has 4 aromatic rings. The number of aromatic nitrogens is 3. The molecule has 0 aliphatic rings. The van der Waals surface area contributed by atoms with Gasteiger partial charge in [0.2, 0.25) is 5.82 Å². The number of amides is 1. The topological polar surface area (TPSA) is 144 Å². The van der Waals surface area contributed by atoms with Crippen LogP contribution in [0.2, 0.25) is 0 Å². The Balaban J connectivity index is 1.63. The monoisotopic (exact) mass is 524 g/mol. The Kier molecular flexibility index (Phi) is 7.82. The summed E-state index contributed by atoms with van der Waals surface area (Å²) in [6, 6.07) is 6.65. The maximum atomic E-state index is 14.7. The minimum absolute atomic E-state index is 0.00545. The van der Waals surface area contributed by atoms with Crippen molar-refractivity contribution < 1.29 is 28.2 Å². The van der Waals surface area contributed by atoms with E-state index in [1.807, 2.05) is 6.92 Å². The van der Waals surface area contributed by atoms with Crippen LogP contribution in [0.15, 0.2) is 48.9 Å². The number of carbonyl (C=O) groups excluding carboxylic acids is 1. The molecule has 0 spiro atoms. The summed E-state index contributed by atoms with van der Waals surface area (Å²) in [5.74, 6) is -3.68. The smallest absolute Gasteiger partial charge is 0.326 e. The molecule has 0 aliphatic carbocycles. The number of rotatable bonds is 10. The Morgan fingerprint density at radius 2 is 1.97 bits per heavy atom. The molecule has 2 aromatic heterocycles. The number of carboxylic acid groups (broad SMARTS) is 1. The van der Waals surface area contributed by atoms with Crippen LogP contribution < -0.4 is 21.1 Å². The van der Waals surface area contributed by atoms with Crippen LogP contribution in [0.3, 0.4) is 0 Å². The fraction of sp³-hybridized carbons (Fsp3) is 0.231. The highest BCUT2D eigenvalue weighted by Gasteiger charge is 2.22. The first-order valence-corrected chi connectivity index (χ1v) is 11.8. The number of halogens is 2. The van der Waals surface area contributed by atoms with Crippen molar-refractivity contribution in [3.05, 3.63) is 71.7 Å². The number of fused-ring (bicyclic) bond motifs is 1. The normalized spacial score (nSPS) is 11.8. The van der Waals surface area contributed by atoms with Crippen LogP contribution in [0, 0.1) is 11.6 Å². The number of hydrogen-bond donors (Lipinski definition) is 4. The maximum Gasteiger partial charge on any atom is 0.326 e. The second-order valence-electron chi connectivity index (χ2n) is 8.35. The van der Waals surface area contributed by atoms with E-state index >= 15 is 0 Å². The lowest BCUT2D eigenvalue weighted by atomic mass is 10.0. The molecule has 0 saturated heterocycles. The number of methoxy groups -OCH3 is 1. The Morgan fingerprint density at radius 3 is 2.66 bits per heavy atom. The number of nitrogens with zero attached hydrogens (tertiary/aromatic N) is 3. The zero-order valence-electron chi connectivity index (χ0n) is 20.7. The number of benzene rings is 2. The molecule has 2 heterocycles. The van der Waals surface area contributed by atoms with Gasteiger partial charge in [0.05, 0.1) is 19.0 Å². The highest BCUT2D eigenvalue weighted by molar-refractivity contribution is 5.98. The van der Waals surface area contributed by atoms with E-state index in [0.29, 0.717) is 40.4 Å². The van der Waals surface area contributed by atoms with Crippen molar-refractivity contribution in [2.75, 3.05) is 19.0 Å². The minimum atomic E-state index is -1.16. The highest BCUT2D eigenvalue weighted by Crippen LogP contribution is 2.31. The van der Waals surface area contributed by atoms with Gasteiger partial charge in [-0.1, -0.05) is 6.92 Å². The second-order valence-corrected chi connectivity index (χ2v) is 8.35. The number of anilines is 2. The summed E-state index contributed by atoms with van der Waals surface area (Å²) in [6.45, 7) is 1.99. The number of nitrogens with one attached hydrogen (secondary N) is 2. The van der Waals surface area contributed by atoms with Crippen molar-refractivity contribution in [3.8, 4) is 17.0 Å². The zero-order valence-corrected chi connectivity index (χ0v) is 20.7. The molecule has 38 heavy (non-hydrogen) atoms. The van der Waals surface area contributed by atoms with E-state index in [2.05, 4.69) is 20.6 Å². The number of ether oxygens (including phenoxy) is 1. The molecule has 2 aromatic carbocycles. The lowest BCUT2D eigenvalue weighted by Gasteiger charge is -2.16. The molecule has 0 bridgehead atoms. The summed E-state index contributed by atoms with van der Waals surface area (Å²) in [7, 11) is 1.26. The van der Waals surface area contributed by atoms with E-state index in [0.717, 1.165) is 0 Å². The Bertz CT molecular complexity index is 1510. The number of nitrogens with two attached hydrogens (primary N) is 1. The van der Waals surface area contributed by atoms with Gasteiger partial charge >= 0.3 is 5.97 Å². The molecule has 1 amide bonds. The van der Waals surface area contributed by atoms with Crippen LogP contribution in [0.5, 0.6) is 5.75 Å². The van der Waals surface area contributed by atoms with Crippen LogP contribution in [0.4, 0.5) is 20.3 Å². The lowest BCUT2D eigenvalue weighted by Crippen LogP contribution is -2.42.